The third-order valence-electron chi connectivity index (χ3n) is 6.34. The van der Waals surface area contributed by atoms with Gasteiger partial charge < -0.3 is 5.11 Å². The standard InChI is InChI=1S/C24H22Cl2F3N7O4S/c1-41(39,40)33-23(10-11-23)21-30-19(31-36(21)17-5-3-2-4-16(17)26)13-35-22(38)34(12-18(37)24(27,28)29)20(32-35)14-6-8-15(25)9-7-14/h2-9,18,33,37H,10-13H2,1H3/t18-/m0/s1. The number of para-hydroxylation sites is 1. The van der Waals surface area contributed by atoms with E-state index in [-0.39, 0.29) is 29.6 Å². The van der Waals surface area contributed by atoms with Crippen molar-refractivity contribution in [2.24, 2.45) is 0 Å². The molecule has 0 aliphatic heterocycles. The average Bonchev–Trinajstić information content (AvgIpc) is 3.41. The molecule has 4 aromatic rings. The maximum Gasteiger partial charge on any atom is 0.416 e. The molecule has 1 aliphatic carbocycles. The van der Waals surface area contributed by atoms with Gasteiger partial charge in [-0.3, -0.25) is 4.57 Å². The van der Waals surface area contributed by atoms with Crippen LogP contribution in [0.4, 0.5) is 13.2 Å². The second-order valence-corrected chi connectivity index (χ2v) is 12.2. The zero-order valence-corrected chi connectivity index (χ0v) is 23.5. The van der Waals surface area contributed by atoms with Gasteiger partial charge in [-0.25, -0.2) is 32.3 Å². The normalized spacial score (nSPS) is 15.7. The van der Waals surface area contributed by atoms with Gasteiger partial charge in [0.1, 0.15) is 6.54 Å². The molecule has 2 aromatic carbocycles. The molecule has 1 fully saturated rings. The number of halogens is 5. The van der Waals surface area contributed by atoms with E-state index in [0.29, 0.717) is 33.1 Å². The van der Waals surface area contributed by atoms with Gasteiger partial charge in [0.15, 0.2) is 23.6 Å². The van der Waals surface area contributed by atoms with Gasteiger partial charge in [-0.05, 0) is 49.2 Å². The molecule has 17 heteroatoms. The molecule has 218 valence electrons. The van der Waals surface area contributed by atoms with E-state index in [9.17, 15) is 31.5 Å². The molecule has 1 aliphatic rings. The summed E-state index contributed by atoms with van der Waals surface area (Å²) in [6.45, 7) is -1.48. The molecule has 5 rings (SSSR count). The minimum Gasteiger partial charge on any atom is -0.382 e. The fourth-order valence-electron chi connectivity index (χ4n) is 4.31. The lowest BCUT2D eigenvalue weighted by molar-refractivity contribution is -0.207. The maximum atomic E-state index is 13.3. The minimum atomic E-state index is -4.98. The molecule has 0 spiro atoms. The number of aliphatic hydroxyl groups excluding tert-OH is 1. The van der Waals surface area contributed by atoms with Gasteiger partial charge in [0.05, 0.1) is 29.0 Å². The molecule has 0 unspecified atom stereocenters. The smallest absolute Gasteiger partial charge is 0.382 e. The number of rotatable bonds is 9. The van der Waals surface area contributed by atoms with Crippen LogP contribution in [-0.4, -0.2) is 61.2 Å². The zero-order chi connectivity index (χ0) is 29.7. The molecule has 2 aromatic heterocycles. The van der Waals surface area contributed by atoms with Crippen LogP contribution in [0.1, 0.15) is 24.5 Å². The van der Waals surface area contributed by atoms with Gasteiger partial charge >= 0.3 is 11.9 Å². The van der Waals surface area contributed by atoms with Crippen LogP contribution in [0, 0.1) is 0 Å². The number of sulfonamides is 1. The Bertz CT molecular complexity index is 1760. The molecule has 0 radical (unpaired) electrons. The highest BCUT2D eigenvalue weighted by Crippen LogP contribution is 2.46. The Morgan fingerprint density at radius 2 is 1.76 bits per heavy atom. The summed E-state index contributed by atoms with van der Waals surface area (Å²) in [6, 6.07) is 12.6. The van der Waals surface area contributed by atoms with Gasteiger partial charge in [-0.2, -0.15) is 13.2 Å². The van der Waals surface area contributed by atoms with Crippen molar-refractivity contribution in [2.75, 3.05) is 6.26 Å². The summed E-state index contributed by atoms with van der Waals surface area (Å²) in [5, 5.41) is 19.1. The van der Waals surface area contributed by atoms with Crippen LogP contribution in [0.15, 0.2) is 53.3 Å². The first-order valence-corrected chi connectivity index (χ1v) is 14.7. The van der Waals surface area contributed by atoms with Crippen molar-refractivity contribution in [1.82, 2.24) is 33.8 Å². The molecule has 0 bridgehead atoms. The fourth-order valence-corrected chi connectivity index (χ4v) is 5.65. The fraction of sp³-hybridized carbons (Fsp3) is 0.333. The highest BCUT2D eigenvalue weighted by Gasteiger charge is 2.51. The summed E-state index contributed by atoms with van der Waals surface area (Å²) < 4.78 is 69.3. The van der Waals surface area contributed by atoms with Crippen molar-refractivity contribution in [2.45, 2.75) is 43.8 Å². The first kappa shape index (κ1) is 29.3. The van der Waals surface area contributed by atoms with E-state index in [1.165, 1.54) is 28.9 Å². The number of alkyl halides is 3. The van der Waals surface area contributed by atoms with Crippen LogP contribution in [0.3, 0.4) is 0 Å². The van der Waals surface area contributed by atoms with Gasteiger partial charge in [0.25, 0.3) is 0 Å². The number of aliphatic hydroxyl groups is 1. The molecule has 41 heavy (non-hydrogen) atoms. The van der Waals surface area contributed by atoms with Gasteiger partial charge in [-0.1, -0.05) is 35.3 Å². The van der Waals surface area contributed by atoms with Crippen molar-refractivity contribution in [3.63, 3.8) is 0 Å². The molecule has 0 saturated heterocycles. The predicted molar refractivity (Wildman–Crippen MR) is 143 cm³/mol. The number of benzene rings is 2. The first-order chi connectivity index (χ1) is 19.2. The molecule has 2 N–H and O–H groups in total. The summed E-state index contributed by atoms with van der Waals surface area (Å²) in [7, 11) is -3.65. The lowest BCUT2D eigenvalue weighted by Crippen LogP contribution is -2.37. The number of hydrogen-bond donors (Lipinski definition) is 2. The second-order valence-electron chi connectivity index (χ2n) is 9.61. The molecule has 1 saturated carbocycles. The van der Waals surface area contributed by atoms with Crippen molar-refractivity contribution in [3.8, 4) is 17.1 Å². The van der Waals surface area contributed by atoms with Gasteiger partial charge in [-0.15, -0.1) is 10.2 Å². The monoisotopic (exact) mass is 631 g/mol. The molecule has 2 heterocycles. The number of aromatic nitrogens is 6. The topological polar surface area (TPSA) is 137 Å². The van der Waals surface area contributed by atoms with Crippen LogP contribution < -0.4 is 10.4 Å². The Labute approximate surface area is 241 Å². The summed E-state index contributed by atoms with van der Waals surface area (Å²) in [5.41, 5.74) is -1.33. The van der Waals surface area contributed by atoms with Crippen LogP contribution in [-0.2, 0) is 28.7 Å². The average molecular weight is 632 g/mol. The predicted octanol–water partition coefficient (Wildman–Crippen LogP) is 3.11. The maximum absolute atomic E-state index is 13.3. The molecule has 0 amide bonds. The van der Waals surface area contributed by atoms with Crippen LogP contribution in [0.5, 0.6) is 0 Å². The molecule has 11 nitrogen and oxygen atoms in total. The number of nitrogens with one attached hydrogen (secondary N) is 1. The summed E-state index contributed by atoms with van der Waals surface area (Å²) in [5.74, 6) is 0.106. The summed E-state index contributed by atoms with van der Waals surface area (Å²) in [6.07, 6.45) is -5.94. The lowest BCUT2D eigenvalue weighted by Gasteiger charge is -2.16. The van der Waals surface area contributed by atoms with E-state index in [4.69, 9.17) is 23.2 Å². The number of hydrogen-bond acceptors (Lipinski definition) is 7. The molecular formula is C24H22Cl2F3N7O4S. The van der Waals surface area contributed by atoms with E-state index >= 15 is 0 Å². The summed E-state index contributed by atoms with van der Waals surface area (Å²) >= 11 is 12.3. The van der Waals surface area contributed by atoms with Gasteiger partial charge in [0.2, 0.25) is 10.0 Å². The minimum absolute atomic E-state index is 0.0206. The Balaban J connectivity index is 1.60. The first-order valence-electron chi connectivity index (χ1n) is 12.1. The number of nitrogens with zero attached hydrogens (tertiary/aromatic N) is 6. The largest absolute Gasteiger partial charge is 0.416 e. The Morgan fingerprint density at radius 1 is 1.10 bits per heavy atom. The van der Waals surface area contributed by atoms with Crippen LogP contribution in [0.2, 0.25) is 10.0 Å². The van der Waals surface area contributed by atoms with Crippen molar-refractivity contribution in [1.29, 1.82) is 0 Å². The highest BCUT2D eigenvalue weighted by atomic mass is 35.5. The third kappa shape index (κ3) is 6.18. The van der Waals surface area contributed by atoms with Crippen molar-refractivity contribution in [3.05, 3.63) is 80.7 Å². The SMILES string of the molecule is CS(=O)(=O)NC1(c2nc(Cn3nc(-c4ccc(Cl)cc4)n(C[C@H](O)C(F)(F)F)c3=O)nn2-c2ccccc2Cl)CC1. The van der Waals surface area contributed by atoms with E-state index in [1.807, 2.05) is 0 Å². The summed E-state index contributed by atoms with van der Waals surface area (Å²) in [4.78, 5) is 17.8. The molecular weight excluding hydrogens is 610 g/mol. The second kappa shape index (κ2) is 10.5. The third-order valence-corrected chi connectivity index (χ3v) is 7.67. The zero-order valence-electron chi connectivity index (χ0n) is 21.2. The Morgan fingerprint density at radius 3 is 2.34 bits per heavy atom. The van der Waals surface area contributed by atoms with E-state index < -0.39 is 40.1 Å². The van der Waals surface area contributed by atoms with E-state index in [0.717, 1.165) is 10.9 Å². The van der Waals surface area contributed by atoms with Crippen LogP contribution in [0.25, 0.3) is 17.1 Å². The Kier molecular flexibility index (Phi) is 7.53. The molecule has 1 atom stereocenters. The van der Waals surface area contributed by atoms with Crippen molar-refractivity contribution >= 4 is 33.2 Å². The highest BCUT2D eigenvalue weighted by molar-refractivity contribution is 7.88. The lowest BCUT2D eigenvalue weighted by atomic mass is 10.2. The van der Waals surface area contributed by atoms with Crippen molar-refractivity contribution < 1.29 is 26.7 Å². The van der Waals surface area contributed by atoms with E-state index in [2.05, 4.69) is 19.9 Å². The van der Waals surface area contributed by atoms with E-state index in [1.54, 1.807) is 24.3 Å². The van der Waals surface area contributed by atoms with Gasteiger partial charge in [0, 0.05) is 10.6 Å². The van der Waals surface area contributed by atoms with Crippen LogP contribution >= 0.6 is 23.2 Å². The quantitative estimate of drug-likeness (QED) is 0.290. The Hall–Kier alpha value is -3.24.